The lowest BCUT2D eigenvalue weighted by molar-refractivity contribution is 0.0555. The molecule has 1 aromatic rings. The van der Waals surface area contributed by atoms with Gasteiger partial charge < -0.3 is 4.74 Å². The van der Waals surface area contributed by atoms with Crippen molar-refractivity contribution in [3.05, 3.63) is 40.3 Å². The molecule has 0 saturated carbocycles. The van der Waals surface area contributed by atoms with Crippen LogP contribution in [0, 0.1) is 11.3 Å². The summed E-state index contributed by atoms with van der Waals surface area (Å²) >= 11 is 0. The van der Waals surface area contributed by atoms with Crippen molar-refractivity contribution in [2.24, 2.45) is 5.11 Å². The first kappa shape index (κ1) is 10.6. The molecule has 0 saturated heterocycles. The molecule has 0 unspecified atom stereocenters. The van der Waals surface area contributed by atoms with Gasteiger partial charge in [-0.15, -0.1) is 0 Å². The Morgan fingerprint density at radius 3 is 2.73 bits per heavy atom. The number of rotatable bonds is 3. The second-order valence-electron chi connectivity index (χ2n) is 2.47. The van der Waals surface area contributed by atoms with E-state index in [9.17, 15) is 4.79 Å². The molecule has 0 aliphatic carbocycles. The molecule has 0 bridgehead atoms. The van der Waals surface area contributed by atoms with Gasteiger partial charge in [0, 0.05) is 10.6 Å². The van der Waals surface area contributed by atoms with Gasteiger partial charge in [-0.2, -0.15) is 5.26 Å². The quantitative estimate of drug-likeness (QED) is 0.325. The number of carbonyl (C=O) groups is 1. The maximum atomic E-state index is 11.2. The van der Waals surface area contributed by atoms with Gasteiger partial charge in [-0.1, -0.05) is 17.2 Å². The van der Waals surface area contributed by atoms with Crippen LogP contribution in [-0.2, 0) is 4.74 Å². The van der Waals surface area contributed by atoms with E-state index in [1.54, 1.807) is 6.07 Å². The highest BCUT2D eigenvalue weighted by atomic mass is 16.5. The third kappa shape index (κ3) is 3.03. The zero-order valence-corrected chi connectivity index (χ0v) is 7.62. The summed E-state index contributed by atoms with van der Waals surface area (Å²) in [6.07, 6.45) is 0. The van der Waals surface area contributed by atoms with E-state index < -0.39 is 5.97 Å². The molecule has 0 spiro atoms. The molecule has 1 rings (SSSR count). The number of nitriles is 1. The predicted octanol–water partition coefficient (Wildman–Crippen LogP) is 2.31. The second kappa shape index (κ2) is 5.27. The monoisotopic (exact) mass is 202 g/mol. The molecule has 15 heavy (non-hydrogen) atoms. The maximum Gasteiger partial charge on any atom is 0.339 e. The van der Waals surface area contributed by atoms with Crippen LogP contribution < -0.4 is 0 Å². The van der Waals surface area contributed by atoms with Crippen molar-refractivity contribution in [1.29, 1.82) is 5.26 Å². The Balaban J connectivity index is 2.76. The Morgan fingerprint density at radius 1 is 1.53 bits per heavy atom. The molecule has 0 amide bonds. The average Bonchev–Trinajstić information content (AvgIpc) is 2.27. The molecule has 0 heterocycles. The number of carbonyl (C=O) groups excluding carboxylic acids is 1. The molecule has 0 radical (unpaired) electrons. The predicted molar refractivity (Wildman–Crippen MR) is 51.1 cm³/mol. The van der Waals surface area contributed by atoms with Crippen molar-refractivity contribution in [3.8, 4) is 6.07 Å². The van der Waals surface area contributed by atoms with Crippen LogP contribution in [0.1, 0.15) is 10.4 Å². The molecule has 0 aliphatic heterocycles. The fourth-order valence-electron chi connectivity index (χ4n) is 0.897. The molecular weight excluding hydrogens is 196 g/mol. The molecular formula is C9H6N4O2. The maximum absolute atomic E-state index is 11.2. The van der Waals surface area contributed by atoms with Gasteiger partial charge in [0.15, 0.2) is 6.61 Å². The molecule has 0 atom stereocenters. The molecule has 0 aliphatic rings. The topological polar surface area (TPSA) is 98.8 Å². The van der Waals surface area contributed by atoms with Crippen LogP contribution in [0.4, 0.5) is 5.69 Å². The minimum absolute atomic E-state index is 0.281. The van der Waals surface area contributed by atoms with E-state index in [1.807, 2.05) is 0 Å². The summed E-state index contributed by atoms with van der Waals surface area (Å²) < 4.78 is 4.57. The third-order valence-electron chi connectivity index (χ3n) is 1.53. The van der Waals surface area contributed by atoms with Crippen LogP contribution in [0.2, 0.25) is 0 Å². The van der Waals surface area contributed by atoms with Crippen LogP contribution in [-0.4, -0.2) is 12.6 Å². The van der Waals surface area contributed by atoms with Gasteiger partial charge >= 0.3 is 5.97 Å². The normalized spacial score (nSPS) is 8.47. The average molecular weight is 202 g/mol. The van der Waals surface area contributed by atoms with E-state index in [-0.39, 0.29) is 6.61 Å². The Bertz CT molecular complexity index is 440. The van der Waals surface area contributed by atoms with Crippen LogP contribution >= 0.6 is 0 Å². The van der Waals surface area contributed by atoms with E-state index in [4.69, 9.17) is 10.8 Å². The van der Waals surface area contributed by atoms with Crippen LogP contribution in [0.3, 0.4) is 0 Å². The molecule has 6 nitrogen and oxygen atoms in total. The van der Waals surface area contributed by atoms with Crippen LogP contribution in [0.25, 0.3) is 10.4 Å². The number of esters is 1. The summed E-state index contributed by atoms with van der Waals surface area (Å²) in [5, 5.41) is 11.5. The first-order valence-electron chi connectivity index (χ1n) is 3.97. The fourth-order valence-corrected chi connectivity index (χ4v) is 0.897. The van der Waals surface area contributed by atoms with E-state index in [0.717, 1.165) is 0 Å². The number of hydrogen-bond donors (Lipinski definition) is 0. The van der Waals surface area contributed by atoms with Crippen molar-refractivity contribution in [1.82, 2.24) is 0 Å². The van der Waals surface area contributed by atoms with Gasteiger partial charge in [-0.05, 0) is 17.7 Å². The smallest absolute Gasteiger partial charge is 0.339 e. The molecule has 74 valence electrons. The molecule has 0 aromatic heterocycles. The molecule has 1 aromatic carbocycles. The van der Waals surface area contributed by atoms with Gasteiger partial charge in [-0.25, -0.2) is 4.79 Å². The number of nitrogens with zero attached hydrogens (tertiary/aromatic N) is 4. The van der Waals surface area contributed by atoms with Gasteiger partial charge in [0.2, 0.25) is 0 Å². The zero-order valence-electron chi connectivity index (χ0n) is 7.62. The molecule has 6 heteroatoms. The van der Waals surface area contributed by atoms with Gasteiger partial charge in [-0.3, -0.25) is 0 Å². The summed E-state index contributed by atoms with van der Waals surface area (Å²) in [6, 6.07) is 7.59. The summed E-state index contributed by atoms with van der Waals surface area (Å²) in [7, 11) is 0. The lowest BCUT2D eigenvalue weighted by atomic mass is 10.2. The van der Waals surface area contributed by atoms with Gasteiger partial charge in [0.25, 0.3) is 0 Å². The zero-order chi connectivity index (χ0) is 11.1. The van der Waals surface area contributed by atoms with Crippen molar-refractivity contribution in [2.45, 2.75) is 0 Å². The lowest BCUT2D eigenvalue weighted by Crippen LogP contribution is -2.04. The van der Waals surface area contributed by atoms with E-state index in [0.29, 0.717) is 11.3 Å². The highest BCUT2D eigenvalue weighted by Gasteiger charge is 2.05. The van der Waals surface area contributed by atoms with Crippen molar-refractivity contribution < 1.29 is 9.53 Å². The number of benzene rings is 1. The number of ether oxygens (including phenoxy) is 1. The van der Waals surface area contributed by atoms with Crippen molar-refractivity contribution >= 4 is 11.7 Å². The number of hydrogen-bond acceptors (Lipinski definition) is 4. The van der Waals surface area contributed by atoms with Crippen molar-refractivity contribution in [3.63, 3.8) is 0 Å². The highest BCUT2D eigenvalue weighted by molar-refractivity contribution is 5.89. The largest absolute Gasteiger partial charge is 0.447 e. The van der Waals surface area contributed by atoms with E-state index >= 15 is 0 Å². The Kier molecular flexibility index (Phi) is 3.71. The fraction of sp³-hybridized carbons (Fsp3) is 0.111. The second-order valence-corrected chi connectivity index (χ2v) is 2.47. The summed E-state index contributed by atoms with van der Waals surface area (Å²) in [4.78, 5) is 13.8. The Morgan fingerprint density at radius 2 is 2.20 bits per heavy atom. The Hall–Kier alpha value is -2.51. The standard InChI is InChI=1S/C9H6N4O2/c10-5-6-15-9(14)7-1-3-8(4-2-7)12-13-11/h1-4H,6H2. The molecule has 0 N–H and O–H groups in total. The highest BCUT2D eigenvalue weighted by Crippen LogP contribution is 2.13. The summed E-state index contributed by atoms with van der Waals surface area (Å²) in [5.41, 5.74) is 8.86. The van der Waals surface area contributed by atoms with Gasteiger partial charge in [0.1, 0.15) is 6.07 Å². The van der Waals surface area contributed by atoms with Crippen LogP contribution in [0.5, 0.6) is 0 Å². The van der Waals surface area contributed by atoms with Gasteiger partial charge in [0.05, 0.1) is 5.56 Å². The van der Waals surface area contributed by atoms with E-state index in [1.165, 1.54) is 24.3 Å². The van der Waals surface area contributed by atoms with E-state index in [2.05, 4.69) is 14.8 Å². The minimum Gasteiger partial charge on any atom is -0.447 e. The third-order valence-corrected chi connectivity index (χ3v) is 1.53. The number of azide groups is 1. The minimum atomic E-state index is -0.580. The van der Waals surface area contributed by atoms with Crippen LogP contribution in [0.15, 0.2) is 29.4 Å². The Labute approximate surface area is 85.3 Å². The first-order chi connectivity index (χ1) is 7.27. The summed E-state index contributed by atoms with van der Waals surface area (Å²) in [6.45, 7) is -0.281. The summed E-state index contributed by atoms with van der Waals surface area (Å²) in [5.74, 6) is -0.580. The SMILES string of the molecule is N#CCOC(=O)c1ccc(N=[N+]=[N-])cc1. The lowest BCUT2D eigenvalue weighted by Gasteiger charge is -1.99. The van der Waals surface area contributed by atoms with Crippen molar-refractivity contribution in [2.75, 3.05) is 6.61 Å². The molecule has 0 fully saturated rings. The first-order valence-corrected chi connectivity index (χ1v) is 3.97.